The van der Waals surface area contributed by atoms with E-state index in [0.29, 0.717) is 38.2 Å². The Morgan fingerprint density at radius 3 is 2.48 bits per heavy atom. The zero-order valence-corrected chi connectivity index (χ0v) is 28.9. The number of carboxylic acid groups (broad SMARTS) is 1. The Balaban J connectivity index is 1.64. The third-order valence-corrected chi connectivity index (χ3v) is 10.8. The first-order valence-corrected chi connectivity index (χ1v) is 17.8. The van der Waals surface area contributed by atoms with Crippen LogP contribution in [0.4, 0.5) is 9.59 Å². The number of carbonyl (C=O) groups excluding carboxylic acids is 2. The van der Waals surface area contributed by atoms with Crippen LogP contribution in [0, 0.1) is 11.3 Å². The fourth-order valence-corrected chi connectivity index (χ4v) is 8.14. The number of fused-ring (bicyclic) bond motifs is 1. The number of ether oxygens (including phenoxy) is 4. The van der Waals surface area contributed by atoms with Gasteiger partial charge in [-0.1, -0.05) is 44.2 Å². The van der Waals surface area contributed by atoms with Gasteiger partial charge < -0.3 is 44.2 Å². The molecule has 48 heavy (non-hydrogen) atoms. The number of aliphatic hydroxyl groups is 1. The average Bonchev–Trinajstić information content (AvgIpc) is 3.68. The van der Waals surface area contributed by atoms with Gasteiger partial charge in [0, 0.05) is 25.6 Å². The van der Waals surface area contributed by atoms with E-state index in [4.69, 9.17) is 18.9 Å². The summed E-state index contributed by atoms with van der Waals surface area (Å²) in [5.74, 6) is 0.241. The van der Waals surface area contributed by atoms with E-state index in [0.717, 1.165) is 10.5 Å². The topological polar surface area (TPSA) is 167 Å². The molecule has 2 aromatic carbocycles. The smallest absolute Gasteiger partial charge is 0.407 e. The van der Waals surface area contributed by atoms with E-state index in [1.807, 2.05) is 44.2 Å². The second-order valence-corrected chi connectivity index (χ2v) is 14.9. The van der Waals surface area contributed by atoms with E-state index >= 15 is 0 Å². The van der Waals surface area contributed by atoms with Crippen LogP contribution < -0.4 is 15.2 Å². The van der Waals surface area contributed by atoms with Crippen LogP contribution in [0.2, 0.25) is 0 Å². The molecule has 0 radical (unpaired) electrons. The molecule has 0 aromatic heterocycles. The number of sulfonamides is 1. The molecule has 0 bridgehead atoms. The van der Waals surface area contributed by atoms with Crippen molar-refractivity contribution in [3.05, 3.63) is 60.2 Å². The van der Waals surface area contributed by atoms with Crippen molar-refractivity contribution < 1.29 is 47.2 Å². The van der Waals surface area contributed by atoms with Gasteiger partial charge in [0.1, 0.15) is 11.8 Å². The van der Waals surface area contributed by atoms with Gasteiger partial charge in [0.25, 0.3) is 0 Å². The molecule has 2 N–H and O–H groups in total. The summed E-state index contributed by atoms with van der Waals surface area (Å²) < 4.78 is 51.3. The van der Waals surface area contributed by atoms with E-state index in [-0.39, 0.29) is 37.0 Å². The number of methoxy groups -OCH3 is 1. The first-order valence-electron chi connectivity index (χ1n) is 16.4. The van der Waals surface area contributed by atoms with Gasteiger partial charge in [-0.3, -0.25) is 0 Å². The van der Waals surface area contributed by atoms with E-state index in [1.165, 1.54) is 23.5 Å². The number of carbonyl (C=O) groups is 2. The molecule has 13 nitrogen and oxygen atoms in total. The molecular formula is C34H48N3O10S-. The molecule has 2 amide bonds. The Labute approximate surface area is 283 Å². The highest BCUT2D eigenvalue weighted by molar-refractivity contribution is 7.89. The fraction of sp³-hybridized carbons (Fsp3) is 0.588. The molecule has 4 rings (SSSR count). The molecule has 2 aliphatic rings. The van der Waals surface area contributed by atoms with Gasteiger partial charge >= 0.3 is 6.09 Å². The van der Waals surface area contributed by atoms with Crippen LogP contribution in [-0.2, 0) is 30.7 Å². The number of nitrogens with zero attached hydrogens (tertiary/aromatic N) is 2. The van der Waals surface area contributed by atoms with Crippen molar-refractivity contribution in [2.75, 3.05) is 46.6 Å². The van der Waals surface area contributed by atoms with Crippen LogP contribution in [0.3, 0.4) is 0 Å². The van der Waals surface area contributed by atoms with E-state index in [2.05, 4.69) is 5.32 Å². The number of amides is 2. The summed E-state index contributed by atoms with van der Waals surface area (Å²) in [5.41, 5.74) is 0.164. The lowest BCUT2D eigenvalue weighted by Crippen LogP contribution is -2.61. The number of nitrogens with one attached hydrogen (secondary N) is 1. The van der Waals surface area contributed by atoms with Crippen molar-refractivity contribution >= 4 is 22.2 Å². The lowest BCUT2D eigenvalue weighted by molar-refractivity contribution is -0.273. The zero-order valence-electron chi connectivity index (χ0n) is 28.1. The van der Waals surface area contributed by atoms with Crippen LogP contribution in [-0.4, -0.2) is 106 Å². The number of alkyl carbamates (subject to hydrolysis) is 1. The summed E-state index contributed by atoms with van der Waals surface area (Å²) in [6, 6.07) is 13.4. The van der Waals surface area contributed by atoms with E-state index < -0.39 is 58.6 Å². The summed E-state index contributed by atoms with van der Waals surface area (Å²) >= 11 is 0. The van der Waals surface area contributed by atoms with Gasteiger partial charge in [0.05, 0.1) is 50.0 Å². The molecule has 0 unspecified atom stereocenters. The maximum absolute atomic E-state index is 14.2. The second kappa shape index (κ2) is 16.8. The Morgan fingerprint density at radius 2 is 1.83 bits per heavy atom. The number of hydrogen-bond donors (Lipinski definition) is 2. The largest absolute Gasteiger partial charge is 0.530 e. The van der Waals surface area contributed by atoms with Crippen LogP contribution in [0.5, 0.6) is 5.75 Å². The molecule has 14 heteroatoms. The van der Waals surface area contributed by atoms with Gasteiger partial charge in [-0.15, -0.1) is 0 Å². The molecule has 266 valence electrons. The van der Waals surface area contributed by atoms with Crippen molar-refractivity contribution in [2.45, 2.75) is 75.8 Å². The highest BCUT2D eigenvalue weighted by atomic mass is 32.2. The minimum absolute atomic E-state index is 0.00165. The highest BCUT2D eigenvalue weighted by Gasteiger charge is 2.47. The van der Waals surface area contributed by atoms with Gasteiger partial charge in [-0.05, 0) is 67.9 Å². The van der Waals surface area contributed by atoms with E-state index in [1.54, 1.807) is 19.1 Å². The molecule has 0 aliphatic carbocycles. The van der Waals surface area contributed by atoms with Gasteiger partial charge in [0.2, 0.25) is 10.0 Å². The van der Waals surface area contributed by atoms with Gasteiger partial charge in [-0.25, -0.2) is 13.2 Å². The Hall–Kier alpha value is -3.43. The van der Waals surface area contributed by atoms with Crippen LogP contribution in [0.1, 0.15) is 45.6 Å². The highest BCUT2D eigenvalue weighted by Crippen LogP contribution is 2.36. The van der Waals surface area contributed by atoms with Crippen molar-refractivity contribution in [3.63, 3.8) is 0 Å². The molecular weight excluding hydrogens is 642 g/mol. The van der Waals surface area contributed by atoms with Crippen LogP contribution in [0.25, 0.3) is 0 Å². The first kappa shape index (κ1) is 37.4. The Kier molecular flexibility index (Phi) is 13.1. The maximum atomic E-state index is 14.2. The quantitative estimate of drug-likeness (QED) is 0.236. The summed E-state index contributed by atoms with van der Waals surface area (Å²) in [6.45, 7) is 6.24. The molecule has 2 aliphatic heterocycles. The lowest BCUT2D eigenvalue weighted by atomic mass is 9.87. The Bertz CT molecular complexity index is 1440. The first-order chi connectivity index (χ1) is 22.9. The molecule has 0 saturated carbocycles. The lowest BCUT2D eigenvalue weighted by Gasteiger charge is -2.43. The molecule has 2 fully saturated rings. The summed E-state index contributed by atoms with van der Waals surface area (Å²) in [7, 11) is -2.71. The van der Waals surface area contributed by atoms with Gasteiger partial charge in [-0.2, -0.15) is 4.31 Å². The van der Waals surface area contributed by atoms with Crippen molar-refractivity contribution in [1.82, 2.24) is 14.5 Å². The SMILES string of the molecule is CCOC(=O)NCCCC(C)(C)CN(C[C@@H](O)[C@H](Cc1ccccc1)N(C(=O)[O-])[C@H]1CO[C@H]2OCC[C@H]21)S(=O)(=O)c1ccc(OC)cc1. The predicted octanol–water partition coefficient (Wildman–Crippen LogP) is 2.62. The molecule has 2 aromatic rings. The number of rotatable bonds is 17. The number of aliphatic hydroxyl groups excluding tert-OH is 1. The molecule has 2 saturated heterocycles. The zero-order chi connectivity index (χ0) is 34.9. The monoisotopic (exact) mass is 690 g/mol. The van der Waals surface area contributed by atoms with Crippen molar-refractivity contribution in [1.29, 1.82) is 0 Å². The normalized spacial score (nSPS) is 20.6. The average molecular weight is 691 g/mol. The van der Waals surface area contributed by atoms with E-state index in [9.17, 15) is 28.2 Å². The third kappa shape index (κ3) is 9.59. The van der Waals surface area contributed by atoms with Gasteiger partial charge in [0.15, 0.2) is 6.29 Å². The fourth-order valence-electron chi connectivity index (χ4n) is 6.49. The number of benzene rings is 2. The number of hydrogen-bond acceptors (Lipinski definition) is 10. The van der Waals surface area contributed by atoms with Crippen molar-refractivity contribution in [3.8, 4) is 5.75 Å². The summed E-state index contributed by atoms with van der Waals surface area (Å²) in [5, 5.41) is 27.5. The Morgan fingerprint density at radius 1 is 1.12 bits per heavy atom. The molecule has 2 heterocycles. The summed E-state index contributed by atoms with van der Waals surface area (Å²) in [6.07, 6.45) is -2.20. The summed E-state index contributed by atoms with van der Waals surface area (Å²) in [4.78, 5) is 25.7. The second-order valence-electron chi connectivity index (χ2n) is 13.0. The standard InChI is InChI=1S/C34H49N3O10S/c1-5-45-32(39)35-18-9-17-34(2,3)23-36(48(42,43)26-14-12-25(44-4)13-15-26)21-30(38)28(20-24-10-7-6-8-11-24)37(33(40)41)29-22-47-31-27(29)16-19-46-31/h6-8,10-15,27-31,38H,5,9,16-23H2,1-4H3,(H,35,39)(H,40,41)/p-1/t27-,28-,29-,30+,31+/m0/s1. The maximum Gasteiger partial charge on any atom is 0.407 e. The van der Waals surface area contributed by atoms with Crippen LogP contribution >= 0.6 is 0 Å². The minimum atomic E-state index is -4.19. The van der Waals surface area contributed by atoms with Crippen LogP contribution in [0.15, 0.2) is 59.5 Å². The molecule has 0 spiro atoms. The predicted molar refractivity (Wildman–Crippen MR) is 175 cm³/mol. The van der Waals surface area contributed by atoms with Crippen molar-refractivity contribution in [2.24, 2.45) is 11.3 Å². The minimum Gasteiger partial charge on any atom is -0.530 e. The third-order valence-electron chi connectivity index (χ3n) is 8.93. The molecule has 5 atom stereocenters.